The fraction of sp³-hybridized carbons (Fsp3) is 0. The van der Waals surface area contributed by atoms with Gasteiger partial charge < -0.3 is 23.8 Å². The molecule has 0 bridgehead atoms. The van der Waals surface area contributed by atoms with Crippen LogP contribution in [-0.2, 0) is 4.57 Å². The van der Waals surface area contributed by atoms with Crippen LogP contribution in [0.25, 0.3) is 0 Å². The number of para-hydroxylation sites is 8. The molecule has 3 heterocycles. The molecule has 0 fully saturated rings. The minimum atomic E-state index is -3.50. The molecule has 0 N–H and O–H groups in total. The van der Waals surface area contributed by atoms with Gasteiger partial charge in [-0.3, -0.25) is 0 Å². The largest absolute Gasteiger partial charge is 0.453 e. The van der Waals surface area contributed by atoms with Crippen molar-refractivity contribution in [2.24, 2.45) is 0 Å². The number of rotatable bonds is 5. The van der Waals surface area contributed by atoms with Crippen LogP contribution in [0.2, 0.25) is 0 Å². The first-order valence-corrected chi connectivity index (χ1v) is 24.2. The van der Waals surface area contributed by atoms with E-state index in [2.05, 4.69) is 155 Å². The van der Waals surface area contributed by atoms with Crippen molar-refractivity contribution in [2.45, 2.75) is 0 Å². The Morgan fingerprint density at radius 1 is 0.361 bits per heavy atom. The fourth-order valence-corrected chi connectivity index (χ4v) is 19.4. The molecule has 0 saturated carbocycles. The Kier molecular flexibility index (Phi) is 8.08. The van der Waals surface area contributed by atoms with Gasteiger partial charge >= 0.3 is 0 Å². The lowest BCUT2D eigenvalue weighted by atomic mass is 10.1. The van der Waals surface area contributed by atoms with Crippen molar-refractivity contribution in [1.82, 2.24) is 0 Å². The van der Waals surface area contributed by atoms with Gasteiger partial charge in [0, 0.05) is 27.3 Å². The van der Waals surface area contributed by atoms with Crippen molar-refractivity contribution in [3.63, 3.8) is 0 Å². The first-order chi connectivity index (χ1) is 30.1. The third-order valence-corrected chi connectivity index (χ3v) is 20.8. The van der Waals surface area contributed by atoms with E-state index < -0.39 is 15.2 Å². The van der Waals surface area contributed by atoms with Crippen LogP contribution in [-0.4, -0.2) is 8.07 Å². The number of ether oxygens (including phenoxy) is 2. The second-order valence-corrected chi connectivity index (χ2v) is 22.0. The molecule has 7 heteroatoms. The van der Waals surface area contributed by atoms with Gasteiger partial charge in [-0.25, -0.2) is 0 Å². The number of anilines is 6. The number of fused-ring (bicyclic) bond motifs is 6. The maximum absolute atomic E-state index is 17.0. The third-order valence-electron chi connectivity index (χ3n) is 12.4. The van der Waals surface area contributed by atoms with Crippen LogP contribution in [0.1, 0.15) is 0 Å². The van der Waals surface area contributed by atoms with Crippen molar-refractivity contribution in [2.75, 3.05) is 9.80 Å². The van der Waals surface area contributed by atoms with Crippen LogP contribution < -0.4 is 55.9 Å². The predicted octanol–water partition coefficient (Wildman–Crippen LogP) is 10.2. The Hall–Kier alpha value is -7.37. The highest BCUT2D eigenvalue weighted by Crippen LogP contribution is 2.53. The van der Waals surface area contributed by atoms with Crippen molar-refractivity contribution < 1.29 is 14.0 Å². The lowest BCUT2D eigenvalue weighted by molar-refractivity contribution is 0.477. The molecule has 9 aromatic rings. The second-order valence-electron chi connectivity index (χ2n) is 15.6. The zero-order valence-corrected chi connectivity index (χ0v) is 34.8. The van der Waals surface area contributed by atoms with E-state index in [0.717, 1.165) is 83.4 Å². The number of hydrogen-bond acceptors (Lipinski definition) is 5. The van der Waals surface area contributed by atoms with Crippen LogP contribution in [0.15, 0.2) is 224 Å². The fourth-order valence-electron chi connectivity index (χ4n) is 9.80. The molecular weight excluding hydrogens is 784 g/mol. The van der Waals surface area contributed by atoms with E-state index in [1.807, 2.05) is 78.9 Å². The minimum Gasteiger partial charge on any atom is -0.453 e. The van der Waals surface area contributed by atoms with E-state index in [0.29, 0.717) is 0 Å². The number of benzene rings is 9. The Bertz CT molecular complexity index is 2930. The molecule has 5 nitrogen and oxygen atoms in total. The molecule has 61 heavy (non-hydrogen) atoms. The molecular formula is C54H37N2O3PSi. The number of nitrogens with zero attached hydrogens (tertiary/aromatic N) is 2. The van der Waals surface area contributed by atoms with E-state index in [4.69, 9.17) is 9.47 Å². The third kappa shape index (κ3) is 5.23. The summed E-state index contributed by atoms with van der Waals surface area (Å²) in [6.45, 7) is 0. The van der Waals surface area contributed by atoms with Gasteiger partial charge in [0.25, 0.3) is 0 Å². The molecule has 0 unspecified atom stereocenters. The molecule has 3 aliphatic rings. The van der Waals surface area contributed by atoms with E-state index in [-0.39, 0.29) is 0 Å². The highest BCUT2D eigenvalue weighted by atomic mass is 31.2. The van der Waals surface area contributed by atoms with Crippen LogP contribution in [0.5, 0.6) is 23.0 Å². The Morgan fingerprint density at radius 2 is 0.689 bits per heavy atom. The summed E-state index contributed by atoms with van der Waals surface area (Å²) in [5, 5.41) is 7.18. The number of hydrogen-bond donors (Lipinski definition) is 0. The normalized spacial score (nSPS) is 14.8. The van der Waals surface area contributed by atoms with Gasteiger partial charge in [0.2, 0.25) is 0 Å². The van der Waals surface area contributed by atoms with Gasteiger partial charge in [-0.05, 0) is 106 Å². The summed E-state index contributed by atoms with van der Waals surface area (Å²) < 4.78 is 29.9. The van der Waals surface area contributed by atoms with Gasteiger partial charge in [-0.1, -0.05) is 140 Å². The molecule has 9 aromatic carbocycles. The van der Waals surface area contributed by atoms with Crippen LogP contribution in [0, 0.1) is 0 Å². The van der Waals surface area contributed by atoms with E-state index >= 15 is 4.57 Å². The smallest absolute Gasteiger partial charge is 0.181 e. The molecule has 0 aromatic heterocycles. The molecule has 0 radical (unpaired) electrons. The summed E-state index contributed by atoms with van der Waals surface area (Å²) in [6, 6.07) is 78.1. The van der Waals surface area contributed by atoms with Crippen LogP contribution in [0.3, 0.4) is 0 Å². The van der Waals surface area contributed by atoms with Gasteiger partial charge in [0.1, 0.15) is 0 Å². The summed E-state index contributed by atoms with van der Waals surface area (Å²) in [7, 11) is -6.84. The molecule has 12 rings (SSSR count). The highest BCUT2D eigenvalue weighted by Gasteiger charge is 2.53. The summed E-state index contributed by atoms with van der Waals surface area (Å²) in [5.41, 5.74) is 5.73. The molecule has 3 aliphatic heterocycles. The zero-order chi connectivity index (χ0) is 40.5. The molecule has 0 spiro atoms. The first kappa shape index (κ1) is 35.6. The van der Waals surface area contributed by atoms with Gasteiger partial charge in [0.05, 0.1) is 22.7 Å². The van der Waals surface area contributed by atoms with E-state index in [1.54, 1.807) is 0 Å². The Balaban J connectivity index is 1.22. The van der Waals surface area contributed by atoms with Crippen molar-refractivity contribution in [1.29, 1.82) is 0 Å². The Morgan fingerprint density at radius 3 is 1.07 bits per heavy atom. The molecule has 0 atom stereocenters. The quantitative estimate of drug-likeness (QED) is 0.128. The monoisotopic (exact) mass is 820 g/mol. The van der Waals surface area contributed by atoms with Crippen LogP contribution >= 0.6 is 7.14 Å². The molecule has 0 saturated heterocycles. The minimum absolute atomic E-state index is 0.782. The zero-order valence-electron chi connectivity index (χ0n) is 32.9. The second kappa shape index (κ2) is 13.9. The van der Waals surface area contributed by atoms with Gasteiger partial charge in [0.15, 0.2) is 38.2 Å². The molecule has 0 aliphatic carbocycles. The summed E-state index contributed by atoms with van der Waals surface area (Å²) in [5.74, 6) is 3.13. The van der Waals surface area contributed by atoms with E-state index in [9.17, 15) is 0 Å². The maximum atomic E-state index is 17.0. The van der Waals surface area contributed by atoms with Gasteiger partial charge in [-0.2, -0.15) is 0 Å². The topological polar surface area (TPSA) is 42.0 Å². The van der Waals surface area contributed by atoms with Crippen molar-refractivity contribution in [3.8, 4) is 23.0 Å². The van der Waals surface area contributed by atoms with E-state index in [1.165, 1.54) is 10.4 Å². The molecule has 290 valence electrons. The predicted molar refractivity (Wildman–Crippen MR) is 253 cm³/mol. The lowest BCUT2D eigenvalue weighted by Crippen LogP contribution is -2.82. The summed E-state index contributed by atoms with van der Waals surface area (Å²) in [6.07, 6.45) is 0. The highest BCUT2D eigenvalue weighted by molar-refractivity contribution is 7.87. The SMILES string of the molecule is O=P1(c2ccccc2)c2ccc(N3c4ccccc4Oc4ccccc43)cc2[Si](c2ccccc2)(c2ccccc2)c2cc(N3c4ccccc4Oc4ccccc43)ccc21. The summed E-state index contributed by atoms with van der Waals surface area (Å²) in [4.78, 5) is 4.59. The summed E-state index contributed by atoms with van der Waals surface area (Å²) >= 11 is 0. The lowest BCUT2D eigenvalue weighted by Gasteiger charge is -2.44. The average molecular weight is 821 g/mol. The maximum Gasteiger partial charge on any atom is 0.181 e. The first-order valence-electron chi connectivity index (χ1n) is 20.5. The van der Waals surface area contributed by atoms with Crippen LogP contribution in [0.4, 0.5) is 34.1 Å². The van der Waals surface area contributed by atoms with Gasteiger partial charge in [-0.15, -0.1) is 0 Å². The van der Waals surface area contributed by atoms with Crippen molar-refractivity contribution >= 4 is 86.0 Å². The standard InChI is InChI=1S/C54H37N2O3PSi/c57-60(40-18-4-1-5-19-40)51-34-32-38(55-43-24-10-14-28-47(43)58-48-29-15-11-25-44(48)55)36-53(51)61(41-20-6-2-7-21-41,42-22-8-3-9-23-42)54-37-39(33-35-52(54)60)56-45-26-12-16-30-49(45)59-50-31-17-13-27-46(50)56/h1-37H. The average Bonchev–Trinajstić information content (AvgIpc) is 3.33. The molecule has 0 amide bonds. The Labute approximate surface area is 355 Å². The van der Waals surface area contributed by atoms with Crippen molar-refractivity contribution in [3.05, 3.63) is 224 Å².